The quantitative estimate of drug-likeness (QED) is 0.706. The molecule has 176 valence electrons. The van der Waals surface area contributed by atoms with Crippen molar-refractivity contribution in [2.24, 2.45) is 0 Å². The van der Waals surface area contributed by atoms with Gasteiger partial charge in [0.1, 0.15) is 11.5 Å². The molecule has 2 fully saturated rings. The lowest BCUT2D eigenvalue weighted by molar-refractivity contribution is -0.139. The van der Waals surface area contributed by atoms with Crippen molar-refractivity contribution in [3.63, 3.8) is 0 Å². The number of nitrogens with one attached hydrogen (secondary N) is 1. The number of thiazole rings is 1. The van der Waals surface area contributed by atoms with Crippen LogP contribution in [0.25, 0.3) is 0 Å². The van der Waals surface area contributed by atoms with E-state index < -0.39 is 0 Å². The Bertz CT molecular complexity index is 1020. The molecule has 1 N–H and O–H groups in total. The first-order valence-corrected chi connectivity index (χ1v) is 11.8. The van der Waals surface area contributed by atoms with Crippen LogP contribution in [0.2, 0.25) is 0 Å². The summed E-state index contributed by atoms with van der Waals surface area (Å²) in [6, 6.07) is 6.31. The highest BCUT2D eigenvalue weighted by Crippen LogP contribution is 2.23. The van der Waals surface area contributed by atoms with Crippen molar-refractivity contribution in [1.82, 2.24) is 24.6 Å². The minimum Gasteiger partial charge on any atom is -0.339 e. The van der Waals surface area contributed by atoms with Gasteiger partial charge in [-0.25, -0.2) is 9.37 Å². The molecule has 33 heavy (non-hydrogen) atoms. The van der Waals surface area contributed by atoms with Crippen LogP contribution < -0.4 is 5.32 Å². The number of hydrogen-bond acceptors (Lipinski definition) is 7. The molecule has 3 amide bonds. The highest BCUT2D eigenvalue weighted by atomic mass is 32.1. The molecular weight excluding hydrogens is 447 g/mol. The molecule has 0 bridgehead atoms. The summed E-state index contributed by atoms with van der Waals surface area (Å²) < 4.78 is 13.8. The number of amides is 3. The number of para-hydroxylation sites is 1. The van der Waals surface area contributed by atoms with E-state index in [1.54, 1.807) is 45.2 Å². The van der Waals surface area contributed by atoms with Crippen LogP contribution in [0.15, 0.2) is 29.6 Å². The maximum absolute atomic E-state index is 13.8. The minimum absolute atomic E-state index is 0.0399. The van der Waals surface area contributed by atoms with Gasteiger partial charge in [0.05, 0.1) is 12.2 Å². The molecule has 11 heteroatoms. The van der Waals surface area contributed by atoms with Gasteiger partial charge in [-0.3, -0.25) is 19.3 Å². The van der Waals surface area contributed by atoms with Gasteiger partial charge in [-0.05, 0) is 12.1 Å². The van der Waals surface area contributed by atoms with E-state index in [1.807, 2.05) is 0 Å². The maximum atomic E-state index is 13.8. The number of rotatable bonds is 5. The summed E-state index contributed by atoms with van der Waals surface area (Å²) >= 11 is 1.25. The van der Waals surface area contributed by atoms with Crippen molar-refractivity contribution in [3.05, 3.63) is 41.2 Å². The molecule has 1 aromatic carbocycles. The fraction of sp³-hybridized carbons (Fsp3) is 0.455. The molecule has 2 saturated heterocycles. The fourth-order valence-electron chi connectivity index (χ4n) is 3.94. The highest BCUT2D eigenvalue weighted by molar-refractivity contribution is 7.14. The smallest absolute Gasteiger partial charge is 0.273 e. The molecule has 1 aromatic heterocycles. The number of carbonyl (C=O) groups excluding carboxylic acids is 3. The summed E-state index contributed by atoms with van der Waals surface area (Å²) in [7, 11) is 0. The molecule has 2 aliphatic rings. The second-order valence-corrected chi connectivity index (χ2v) is 8.96. The van der Waals surface area contributed by atoms with E-state index in [1.165, 1.54) is 17.4 Å². The monoisotopic (exact) mass is 474 g/mol. The zero-order valence-corrected chi connectivity index (χ0v) is 19.3. The van der Waals surface area contributed by atoms with Gasteiger partial charge in [-0.1, -0.05) is 12.1 Å². The predicted octanol–water partition coefficient (Wildman–Crippen LogP) is 1.47. The number of piperazine rings is 2. The van der Waals surface area contributed by atoms with Crippen molar-refractivity contribution in [3.8, 4) is 0 Å². The molecule has 2 aliphatic heterocycles. The summed E-state index contributed by atoms with van der Waals surface area (Å²) in [6.07, 6.45) is 0. The largest absolute Gasteiger partial charge is 0.339 e. The van der Waals surface area contributed by atoms with E-state index in [9.17, 15) is 18.8 Å². The van der Waals surface area contributed by atoms with E-state index in [0.717, 1.165) is 0 Å². The van der Waals surface area contributed by atoms with Crippen LogP contribution >= 0.6 is 11.3 Å². The fourth-order valence-corrected chi connectivity index (χ4v) is 4.64. The van der Waals surface area contributed by atoms with Gasteiger partial charge in [-0.15, -0.1) is 11.3 Å². The number of nitrogens with zero attached hydrogens (tertiary/aromatic N) is 5. The first-order chi connectivity index (χ1) is 15.9. The van der Waals surface area contributed by atoms with Gasteiger partial charge in [-0.2, -0.15) is 0 Å². The molecular formula is C22H27FN6O3S. The molecule has 2 aromatic rings. The maximum Gasteiger partial charge on any atom is 0.273 e. The Morgan fingerprint density at radius 1 is 0.970 bits per heavy atom. The standard InChI is InChI=1S/C22H27FN6O3S/c1-16(30)27-10-12-28(13-11-27)20(31)14-26-6-8-29(9-7-26)21(32)19-15-33-22(25-19)24-18-5-3-2-4-17(18)23/h2-5,15H,6-14H2,1H3,(H,24,25). The number of carbonyl (C=O) groups is 3. The van der Waals surface area contributed by atoms with Gasteiger partial charge in [0.25, 0.3) is 5.91 Å². The Morgan fingerprint density at radius 2 is 1.61 bits per heavy atom. The van der Waals surface area contributed by atoms with Gasteiger partial charge < -0.3 is 20.0 Å². The van der Waals surface area contributed by atoms with Crippen molar-refractivity contribution >= 4 is 39.9 Å². The van der Waals surface area contributed by atoms with E-state index in [0.29, 0.717) is 75.4 Å². The lowest BCUT2D eigenvalue weighted by Crippen LogP contribution is -2.55. The summed E-state index contributed by atoms with van der Waals surface area (Å²) in [6.45, 7) is 6.36. The summed E-state index contributed by atoms with van der Waals surface area (Å²) in [4.78, 5) is 48.5. The van der Waals surface area contributed by atoms with E-state index in [-0.39, 0.29) is 23.5 Å². The minimum atomic E-state index is -0.382. The van der Waals surface area contributed by atoms with Gasteiger partial charge in [0, 0.05) is 64.7 Å². The summed E-state index contributed by atoms with van der Waals surface area (Å²) in [5.41, 5.74) is 0.638. The van der Waals surface area contributed by atoms with Crippen LogP contribution in [-0.4, -0.2) is 101 Å². The van der Waals surface area contributed by atoms with Gasteiger partial charge >= 0.3 is 0 Å². The third-order valence-electron chi connectivity index (χ3n) is 5.93. The normalized spacial score (nSPS) is 17.2. The molecule has 0 aliphatic carbocycles. The summed E-state index contributed by atoms with van der Waals surface area (Å²) in [5.74, 6) is -0.453. The third kappa shape index (κ3) is 5.66. The average Bonchev–Trinajstić information content (AvgIpc) is 3.29. The second-order valence-electron chi connectivity index (χ2n) is 8.10. The van der Waals surface area contributed by atoms with Crippen LogP contribution in [0.5, 0.6) is 0 Å². The van der Waals surface area contributed by atoms with Gasteiger partial charge in [0.2, 0.25) is 11.8 Å². The van der Waals surface area contributed by atoms with E-state index >= 15 is 0 Å². The lowest BCUT2D eigenvalue weighted by Gasteiger charge is -2.37. The lowest BCUT2D eigenvalue weighted by atomic mass is 10.2. The Balaban J connectivity index is 1.24. The van der Waals surface area contributed by atoms with E-state index in [4.69, 9.17) is 0 Å². The molecule has 3 heterocycles. The van der Waals surface area contributed by atoms with Crippen LogP contribution in [0.1, 0.15) is 17.4 Å². The Morgan fingerprint density at radius 3 is 2.27 bits per heavy atom. The van der Waals surface area contributed by atoms with Crippen molar-refractivity contribution in [2.75, 3.05) is 64.2 Å². The number of hydrogen-bond donors (Lipinski definition) is 1. The number of halogens is 1. The molecule has 4 rings (SSSR count). The first-order valence-electron chi connectivity index (χ1n) is 10.9. The Labute approximate surface area is 195 Å². The molecule has 0 radical (unpaired) electrons. The molecule has 9 nitrogen and oxygen atoms in total. The zero-order chi connectivity index (χ0) is 23.4. The molecule has 0 spiro atoms. The van der Waals surface area contributed by atoms with Crippen LogP contribution in [0.4, 0.5) is 15.2 Å². The summed E-state index contributed by atoms with van der Waals surface area (Å²) in [5, 5.41) is 5.03. The van der Waals surface area contributed by atoms with Crippen molar-refractivity contribution < 1.29 is 18.8 Å². The SMILES string of the molecule is CC(=O)N1CCN(C(=O)CN2CCN(C(=O)c3csc(Nc4ccccc4F)n3)CC2)CC1. The molecule has 0 saturated carbocycles. The van der Waals surface area contributed by atoms with E-state index in [2.05, 4.69) is 15.2 Å². The van der Waals surface area contributed by atoms with Gasteiger partial charge in [0.15, 0.2) is 5.13 Å². The van der Waals surface area contributed by atoms with Crippen LogP contribution in [0.3, 0.4) is 0 Å². The third-order valence-corrected chi connectivity index (χ3v) is 6.69. The predicted molar refractivity (Wildman–Crippen MR) is 123 cm³/mol. The zero-order valence-electron chi connectivity index (χ0n) is 18.5. The molecule has 0 atom stereocenters. The molecule has 0 unspecified atom stereocenters. The first kappa shape index (κ1) is 23.1. The Hall–Kier alpha value is -3.05. The Kier molecular flexibility index (Phi) is 7.19. The highest BCUT2D eigenvalue weighted by Gasteiger charge is 2.27. The number of aromatic nitrogens is 1. The van der Waals surface area contributed by atoms with Crippen molar-refractivity contribution in [2.45, 2.75) is 6.92 Å². The topological polar surface area (TPSA) is 89.1 Å². The van der Waals surface area contributed by atoms with Crippen LogP contribution in [-0.2, 0) is 9.59 Å². The average molecular weight is 475 g/mol. The number of anilines is 2. The van der Waals surface area contributed by atoms with Crippen molar-refractivity contribution in [1.29, 1.82) is 0 Å². The van der Waals surface area contributed by atoms with Crippen LogP contribution in [0, 0.1) is 5.82 Å². The second kappa shape index (κ2) is 10.3. The number of benzene rings is 1.